The van der Waals surface area contributed by atoms with Gasteiger partial charge in [-0.2, -0.15) is 0 Å². The third kappa shape index (κ3) is 6.80. The molecule has 0 spiro atoms. The fourth-order valence-corrected chi connectivity index (χ4v) is 6.64. The molecule has 0 saturated carbocycles. The van der Waals surface area contributed by atoms with Crippen LogP contribution in [0.15, 0.2) is 133 Å². The summed E-state index contributed by atoms with van der Waals surface area (Å²) < 4.78 is 5.93. The molecule has 0 unspecified atom stereocenters. The second-order valence-corrected chi connectivity index (χ2v) is 13.1. The molecule has 0 saturated heterocycles. The van der Waals surface area contributed by atoms with Crippen LogP contribution in [-0.4, -0.2) is 57.6 Å². The molecule has 15 heteroatoms. The first-order valence-electron chi connectivity index (χ1n) is 17.6. The molecule has 288 valence electrons. The highest BCUT2D eigenvalue weighted by Gasteiger charge is 2.38. The van der Waals surface area contributed by atoms with Crippen LogP contribution in [0.1, 0.15) is 82.9 Å². The van der Waals surface area contributed by atoms with E-state index >= 15 is 0 Å². The van der Waals surface area contributed by atoms with Crippen LogP contribution in [0.25, 0.3) is 0 Å². The van der Waals surface area contributed by atoms with Crippen molar-refractivity contribution in [3.05, 3.63) is 178 Å². The number of ether oxygens (including phenoxy) is 1. The molecule has 6 amide bonds. The average molecular weight is 787 g/mol. The maximum Gasteiger partial charge on any atom is 0.337 e. The van der Waals surface area contributed by atoms with Crippen molar-refractivity contribution in [1.82, 2.24) is 0 Å². The number of hydrogen-bond acceptors (Lipinski definition) is 9. The first kappa shape index (κ1) is 37.2. The number of rotatable bonds is 10. The van der Waals surface area contributed by atoms with Gasteiger partial charge in [0.2, 0.25) is 0 Å². The van der Waals surface area contributed by atoms with Crippen LogP contribution in [-0.2, 0) is 0 Å². The summed E-state index contributed by atoms with van der Waals surface area (Å²) in [6, 6.07) is 31.9. The largest absolute Gasteiger partial charge is 0.478 e. The average Bonchev–Trinajstić information content (AvgIpc) is 3.64. The Balaban J connectivity index is 0.922. The van der Waals surface area contributed by atoms with Crippen molar-refractivity contribution in [2.75, 3.05) is 20.4 Å². The van der Waals surface area contributed by atoms with Crippen LogP contribution in [0.4, 0.5) is 22.7 Å². The molecule has 0 aliphatic carbocycles. The van der Waals surface area contributed by atoms with Crippen LogP contribution >= 0.6 is 0 Å². The van der Waals surface area contributed by atoms with Crippen molar-refractivity contribution in [2.24, 2.45) is 0 Å². The minimum atomic E-state index is -1.23. The molecule has 2 heterocycles. The number of para-hydroxylation sites is 2. The maximum absolute atomic E-state index is 13.4. The SMILES string of the molecule is O=C(Nc1ccccc1C(=O)O)c1ccc2c(c1)C(=O)N(c1ccc(Oc3ccc(N4C(=O)c5ccc(C(=O)Nc6ccccc6C(=O)O)cc5C4=O)cc3)cc1)C2=O. The molecule has 59 heavy (non-hydrogen) atoms. The second kappa shape index (κ2) is 14.7. The van der Waals surface area contributed by atoms with E-state index in [9.17, 15) is 48.6 Å². The van der Waals surface area contributed by atoms with Gasteiger partial charge in [0.25, 0.3) is 35.4 Å². The lowest BCUT2D eigenvalue weighted by atomic mass is 10.0. The maximum atomic E-state index is 13.4. The third-order valence-electron chi connectivity index (χ3n) is 9.53. The van der Waals surface area contributed by atoms with Crippen molar-refractivity contribution in [3.8, 4) is 11.5 Å². The summed E-state index contributed by atoms with van der Waals surface area (Å²) in [4.78, 5) is 104. The zero-order valence-electron chi connectivity index (χ0n) is 30.2. The predicted molar refractivity (Wildman–Crippen MR) is 211 cm³/mol. The van der Waals surface area contributed by atoms with Crippen LogP contribution in [0.3, 0.4) is 0 Å². The molecular weight excluding hydrogens is 761 g/mol. The Hall–Kier alpha value is -8.72. The van der Waals surface area contributed by atoms with Crippen molar-refractivity contribution < 1.29 is 53.3 Å². The molecule has 6 aromatic rings. The molecule has 8 rings (SSSR count). The molecule has 0 fully saturated rings. The van der Waals surface area contributed by atoms with Crippen LogP contribution in [0.5, 0.6) is 11.5 Å². The lowest BCUT2D eigenvalue weighted by molar-refractivity contribution is 0.0687. The lowest BCUT2D eigenvalue weighted by Gasteiger charge is -2.16. The number of fused-ring (bicyclic) bond motifs is 2. The lowest BCUT2D eigenvalue weighted by Crippen LogP contribution is -2.29. The quantitative estimate of drug-likeness (QED) is 0.104. The van der Waals surface area contributed by atoms with Crippen molar-refractivity contribution in [1.29, 1.82) is 0 Å². The molecule has 0 bridgehead atoms. The zero-order valence-corrected chi connectivity index (χ0v) is 30.2. The fourth-order valence-electron chi connectivity index (χ4n) is 6.64. The summed E-state index contributed by atoms with van der Waals surface area (Å²) in [5, 5.41) is 23.9. The molecule has 0 atom stereocenters. The number of imide groups is 2. The predicted octanol–water partition coefficient (Wildman–Crippen LogP) is 6.98. The van der Waals surface area contributed by atoms with Gasteiger partial charge >= 0.3 is 11.9 Å². The highest BCUT2D eigenvalue weighted by Crippen LogP contribution is 2.34. The van der Waals surface area contributed by atoms with Gasteiger partial charge in [0.15, 0.2) is 0 Å². The number of carbonyl (C=O) groups is 8. The highest BCUT2D eigenvalue weighted by molar-refractivity contribution is 6.35. The summed E-state index contributed by atoms with van der Waals surface area (Å²) in [5.74, 6) is -5.67. The molecule has 4 N–H and O–H groups in total. The highest BCUT2D eigenvalue weighted by atomic mass is 16.5. The number of nitrogens with one attached hydrogen (secondary N) is 2. The standard InChI is InChI=1S/C44H26N4O11/c49-37(45-35-7-3-1-5-31(35)43(55)56)23-9-19-29-33(21-23)41(53)47(39(29)51)25-11-15-27(16-12-25)59-28-17-13-26(14-18-28)48-40(52)30-20-10-24(22-34(30)42(48)54)38(50)46-36-8-4-2-6-32(36)44(57)58/h1-22H,(H,45,49)(H,46,50)(H,55,56)(H,57,58). The minimum Gasteiger partial charge on any atom is -0.478 e. The van der Waals surface area contributed by atoms with E-state index in [0.717, 1.165) is 9.80 Å². The fraction of sp³-hybridized carbons (Fsp3) is 0. The summed E-state index contributed by atoms with van der Waals surface area (Å²) >= 11 is 0. The Morgan fingerprint density at radius 2 is 0.797 bits per heavy atom. The molecule has 0 aromatic heterocycles. The number of amides is 6. The number of carboxylic acid groups (broad SMARTS) is 2. The summed E-state index contributed by atoms with van der Waals surface area (Å²) in [5.41, 5.74) is 0.625. The zero-order chi connectivity index (χ0) is 41.5. The number of hydrogen-bond donors (Lipinski definition) is 4. The van der Waals surface area contributed by atoms with E-state index in [0.29, 0.717) is 11.5 Å². The van der Waals surface area contributed by atoms with Crippen molar-refractivity contribution in [3.63, 3.8) is 0 Å². The van der Waals surface area contributed by atoms with Gasteiger partial charge in [-0.1, -0.05) is 24.3 Å². The van der Waals surface area contributed by atoms with E-state index in [2.05, 4.69) is 10.6 Å². The molecule has 15 nitrogen and oxygen atoms in total. The van der Waals surface area contributed by atoms with E-state index in [-0.39, 0.29) is 67.3 Å². The number of anilines is 4. The molecule has 6 aromatic carbocycles. The third-order valence-corrected chi connectivity index (χ3v) is 9.53. The summed E-state index contributed by atoms with van der Waals surface area (Å²) in [7, 11) is 0. The monoisotopic (exact) mass is 786 g/mol. The molecular formula is C44H26N4O11. The van der Waals surface area contributed by atoms with Crippen molar-refractivity contribution >= 4 is 70.1 Å². The summed E-state index contributed by atoms with van der Waals surface area (Å²) in [6.45, 7) is 0. The Morgan fingerprint density at radius 3 is 1.17 bits per heavy atom. The molecule has 2 aliphatic rings. The number of carbonyl (C=O) groups excluding carboxylic acids is 6. The number of aromatic carboxylic acids is 2. The number of nitrogens with zero attached hydrogens (tertiary/aromatic N) is 2. The number of carboxylic acids is 2. The van der Waals surface area contributed by atoms with Gasteiger partial charge < -0.3 is 25.6 Å². The van der Waals surface area contributed by atoms with Crippen LogP contribution < -0.4 is 25.2 Å². The Morgan fingerprint density at radius 1 is 0.441 bits per heavy atom. The van der Waals surface area contributed by atoms with Gasteiger partial charge in [0.05, 0.1) is 56.1 Å². The van der Waals surface area contributed by atoms with Gasteiger partial charge in [-0.15, -0.1) is 0 Å². The van der Waals surface area contributed by atoms with E-state index < -0.39 is 47.4 Å². The first-order valence-corrected chi connectivity index (χ1v) is 17.6. The van der Waals surface area contributed by atoms with Gasteiger partial charge in [0.1, 0.15) is 11.5 Å². The van der Waals surface area contributed by atoms with Gasteiger partial charge in [-0.05, 0) is 109 Å². The van der Waals surface area contributed by atoms with Gasteiger partial charge in [-0.25, -0.2) is 19.4 Å². The Labute approximate surface area is 332 Å². The van der Waals surface area contributed by atoms with Gasteiger partial charge in [0, 0.05) is 11.1 Å². The Kier molecular flexibility index (Phi) is 9.30. The smallest absolute Gasteiger partial charge is 0.337 e. The van der Waals surface area contributed by atoms with E-state index in [4.69, 9.17) is 4.74 Å². The van der Waals surface area contributed by atoms with Crippen LogP contribution in [0.2, 0.25) is 0 Å². The van der Waals surface area contributed by atoms with Crippen molar-refractivity contribution in [2.45, 2.75) is 0 Å². The van der Waals surface area contributed by atoms with E-state index in [1.807, 2.05) is 0 Å². The van der Waals surface area contributed by atoms with Crippen LogP contribution in [0, 0.1) is 0 Å². The number of benzene rings is 6. The normalized spacial score (nSPS) is 12.9. The summed E-state index contributed by atoms with van der Waals surface area (Å²) in [6.07, 6.45) is 0. The van der Waals surface area contributed by atoms with Gasteiger partial charge in [-0.3, -0.25) is 28.8 Å². The molecule has 2 aliphatic heterocycles. The Bertz CT molecular complexity index is 2640. The molecule has 0 radical (unpaired) electrons. The minimum absolute atomic E-state index is 0.00211. The topological polar surface area (TPSA) is 217 Å². The second-order valence-electron chi connectivity index (χ2n) is 13.1. The first-order chi connectivity index (χ1) is 28.4. The van der Waals surface area contributed by atoms with E-state index in [1.165, 1.54) is 121 Å². The van der Waals surface area contributed by atoms with E-state index in [1.54, 1.807) is 12.1 Å².